The molecular weight excluding hydrogens is 295 g/mol. The second-order valence-corrected chi connectivity index (χ2v) is 5.54. The van der Waals surface area contributed by atoms with E-state index in [-0.39, 0.29) is 6.04 Å². The van der Waals surface area contributed by atoms with Crippen LogP contribution in [0.5, 0.6) is 0 Å². The second kappa shape index (κ2) is 3.89. The van der Waals surface area contributed by atoms with Gasteiger partial charge in [-0.1, -0.05) is 11.3 Å². The number of anilines is 1. The summed E-state index contributed by atoms with van der Waals surface area (Å²) in [6.45, 7) is -0.945. The molecule has 0 aromatic carbocycles. The van der Waals surface area contributed by atoms with Crippen molar-refractivity contribution in [2.45, 2.75) is 25.1 Å². The third kappa shape index (κ3) is 3.04. The SMILES string of the molecule is FC(F)(F)CN(c1nnc(Br)s1)C1CC1. The fraction of sp³-hybridized carbons (Fsp3) is 0.714. The van der Waals surface area contributed by atoms with Gasteiger partial charge in [-0.2, -0.15) is 13.2 Å². The number of alkyl halides is 3. The van der Waals surface area contributed by atoms with Gasteiger partial charge in [0.25, 0.3) is 0 Å². The summed E-state index contributed by atoms with van der Waals surface area (Å²) in [6.07, 6.45) is -2.60. The summed E-state index contributed by atoms with van der Waals surface area (Å²) in [5, 5.41) is 7.70. The van der Waals surface area contributed by atoms with E-state index in [9.17, 15) is 13.2 Å². The molecule has 0 saturated heterocycles. The zero-order chi connectivity index (χ0) is 11.1. The molecule has 15 heavy (non-hydrogen) atoms. The van der Waals surface area contributed by atoms with Gasteiger partial charge < -0.3 is 4.90 Å². The molecule has 0 bridgehead atoms. The van der Waals surface area contributed by atoms with Gasteiger partial charge in [-0.15, -0.1) is 10.2 Å². The minimum atomic E-state index is -4.19. The minimum Gasteiger partial charge on any atom is -0.335 e. The Morgan fingerprint density at radius 1 is 1.40 bits per heavy atom. The van der Waals surface area contributed by atoms with Crippen LogP contribution in [-0.4, -0.2) is 29.0 Å². The minimum absolute atomic E-state index is 0.0218. The summed E-state index contributed by atoms with van der Waals surface area (Å²) >= 11 is 4.21. The number of hydrogen-bond acceptors (Lipinski definition) is 4. The molecule has 0 aliphatic heterocycles. The van der Waals surface area contributed by atoms with Gasteiger partial charge in [-0.05, 0) is 28.8 Å². The highest BCUT2D eigenvalue weighted by Crippen LogP contribution is 2.36. The summed E-state index contributed by atoms with van der Waals surface area (Å²) in [7, 11) is 0. The lowest BCUT2D eigenvalue weighted by Gasteiger charge is -2.21. The van der Waals surface area contributed by atoms with E-state index in [4.69, 9.17) is 0 Å². The number of nitrogens with zero attached hydrogens (tertiary/aromatic N) is 3. The maximum atomic E-state index is 12.3. The van der Waals surface area contributed by atoms with Gasteiger partial charge in [0.1, 0.15) is 6.54 Å². The topological polar surface area (TPSA) is 29.0 Å². The van der Waals surface area contributed by atoms with Crippen molar-refractivity contribution >= 4 is 32.4 Å². The fourth-order valence-corrected chi connectivity index (χ4v) is 2.41. The summed E-state index contributed by atoms with van der Waals surface area (Å²) in [4.78, 5) is 1.28. The van der Waals surface area contributed by atoms with E-state index in [0.717, 1.165) is 24.2 Å². The molecular formula is C7H7BrF3N3S. The number of aromatic nitrogens is 2. The fourth-order valence-electron chi connectivity index (χ4n) is 1.25. The van der Waals surface area contributed by atoms with Crippen LogP contribution in [0.1, 0.15) is 12.8 Å². The van der Waals surface area contributed by atoms with Gasteiger partial charge in [0.15, 0.2) is 3.92 Å². The van der Waals surface area contributed by atoms with E-state index >= 15 is 0 Å². The Labute approximate surface area is 96.4 Å². The van der Waals surface area contributed by atoms with Crippen molar-refractivity contribution < 1.29 is 13.2 Å². The van der Waals surface area contributed by atoms with E-state index in [0.29, 0.717) is 9.05 Å². The molecule has 0 amide bonds. The highest BCUT2D eigenvalue weighted by Gasteiger charge is 2.39. The normalized spacial score (nSPS) is 16.8. The third-order valence-corrected chi connectivity index (χ3v) is 3.37. The van der Waals surface area contributed by atoms with Crippen LogP contribution in [-0.2, 0) is 0 Å². The van der Waals surface area contributed by atoms with Crippen LogP contribution in [0.25, 0.3) is 0 Å². The van der Waals surface area contributed by atoms with Crippen molar-refractivity contribution in [2.24, 2.45) is 0 Å². The van der Waals surface area contributed by atoms with Crippen LogP contribution >= 0.6 is 27.3 Å². The van der Waals surface area contributed by atoms with Gasteiger partial charge in [0, 0.05) is 6.04 Å². The molecule has 1 saturated carbocycles. The van der Waals surface area contributed by atoms with E-state index in [1.165, 1.54) is 4.90 Å². The van der Waals surface area contributed by atoms with Gasteiger partial charge >= 0.3 is 6.18 Å². The smallest absolute Gasteiger partial charge is 0.335 e. The van der Waals surface area contributed by atoms with Crippen LogP contribution < -0.4 is 4.90 Å². The molecule has 0 radical (unpaired) electrons. The first-order valence-corrected chi connectivity index (χ1v) is 5.89. The lowest BCUT2D eigenvalue weighted by molar-refractivity contribution is -0.120. The third-order valence-electron chi connectivity index (χ3n) is 1.97. The van der Waals surface area contributed by atoms with E-state index in [1.54, 1.807) is 0 Å². The van der Waals surface area contributed by atoms with Gasteiger partial charge in [-0.3, -0.25) is 0 Å². The highest BCUT2D eigenvalue weighted by molar-refractivity contribution is 9.11. The zero-order valence-corrected chi connectivity index (χ0v) is 9.86. The lowest BCUT2D eigenvalue weighted by atomic mass is 10.5. The lowest BCUT2D eigenvalue weighted by Crippen LogP contribution is -2.35. The van der Waals surface area contributed by atoms with Crippen LogP contribution in [0.15, 0.2) is 3.92 Å². The number of hydrogen-bond donors (Lipinski definition) is 0. The monoisotopic (exact) mass is 301 g/mol. The Kier molecular flexibility index (Phi) is 2.89. The molecule has 8 heteroatoms. The van der Waals surface area contributed by atoms with Crippen LogP contribution in [0.3, 0.4) is 0 Å². The van der Waals surface area contributed by atoms with Crippen LogP contribution in [0.2, 0.25) is 0 Å². The Bertz CT molecular complexity index is 349. The molecule has 1 heterocycles. The van der Waals surface area contributed by atoms with Crippen molar-refractivity contribution in [3.63, 3.8) is 0 Å². The van der Waals surface area contributed by atoms with E-state index in [1.807, 2.05) is 0 Å². The zero-order valence-electron chi connectivity index (χ0n) is 7.46. The Hall–Kier alpha value is -0.370. The Balaban J connectivity index is 2.13. The molecule has 1 aliphatic carbocycles. The first-order chi connectivity index (χ1) is 6.96. The molecule has 0 spiro atoms. The first kappa shape index (κ1) is 11.1. The van der Waals surface area contributed by atoms with Crippen molar-refractivity contribution in [2.75, 3.05) is 11.4 Å². The van der Waals surface area contributed by atoms with Crippen LogP contribution in [0, 0.1) is 0 Å². The molecule has 1 aromatic rings. The Morgan fingerprint density at radius 2 is 2.07 bits per heavy atom. The van der Waals surface area contributed by atoms with Crippen molar-refractivity contribution in [1.82, 2.24) is 10.2 Å². The second-order valence-electron chi connectivity index (χ2n) is 3.31. The van der Waals surface area contributed by atoms with Gasteiger partial charge in [-0.25, -0.2) is 0 Å². The Morgan fingerprint density at radius 3 is 2.47 bits per heavy atom. The van der Waals surface area contributed by atoms with Crippen molar-refractivity contribution in [3.05, 3.63) is 3.92 Å². The summed E-state index contributed by atoms with van der Waals surface area (Å²) < 4.78 is 37.4. The predicted molar refractivity (Wildman–Crippen MR) is 54.0 cm³/mol. The average molecular weight is 302 g/mol. The first-order valence-electron chi connectivity index (χ1n) is 4.28. The summed E-state index contributed by atoms with van der Waals surface area (Å²) in [6, 6.07) is -0.0218. The molecule has 1 aliphatic rings. The summed E-state index contributed by atoms with van der Waals surface area (Å²) in [5.41, 5.74) is 0. The molecule has 2 rings (SSSR count). The van der Waals surface area contributed by atoms with Crippen molar-refractivity contribution in [3.8, 4) is 0 Å². The predicted octanol–water partition coefficient (Wildman–Crippen LogP) is 2.83. The number of rotatable bonds is 3. The van der Waals surface area contributed by atoms with Crippen LogP contribution in [0.4, 0.5) is 18.3 Å². The number of halogens is 4. The van der Waals surface area contributed by atoms with Gasteiger partial charge in [0.05, 0.1) is 0 Å². The van der Waals surface area contributed by atoms with Crippen molar-refractivity contribution in [1.29, 1.82) is 0 Å². The largest absolute Gasteiger partial charge is 0.406 e. The quantitative estimate of drug-likeness (QED) is 0.860. The molecule has 0 atom stereocenters. The molecule has 1 aromatic heterocycles. The highest BCUT2D eigenvalue weighted by atomic mass is 79.9. The van der Waals surface area contributed by atoms with E-state index < -0.39 is 12.7 Å². The van der Waals surface area contributed by atoms with E-state index in [2.05, 4.69) is 26.1 Å². The molecule has 0 N–H and O–H groups in total. The molecule has 1 fully saturated rings. The standard InChI is InChI=1S/C7H7BrF3N3S/c8-5-12-13-6(15-5)14(4-1-2-4)3-7(9,10)11/h4H,1-3H2. The van der Waals surface area contributed by atoms with Gasteiger partial charge in [0.2, 0.25) is 5.13 Å². The molecule has 84 valence electrons. The maximum absolute atomic E-state index is 12.3. The molecule has 0 unspecified atom stereocenters. The average Bonchev–Trinajstić information content (AvgIpc) is 2.84. The maximum Gasteiger partial charge on any atom is 0.406 e. The summed E-state index contributed by atoms with van der Waals surface area (Å²) in [5.74, 6) is 0. The molecule has 3 nitrogen and oxygen atoms in total.